The third-order valence-electron chi connectivity index (χ3n) is 4.61. The molecule has 0 aliphatic heterocycles. The molecule has 3 rings (SSSR count). The van der Waals surface area contributed by atoms with E-state index in [-0.39, 0.29) is 6.42 Å². The van der Waals surface area contributed by atoms with E-state index in [9.17, 15) is 13.2 Å². The molecule has 8 nitrogen and oxygen atoms in total. The largest absolute Gasteiger partial charge is 0.497 e. The third-order valence-corrected chi connectivity index (χ3v) is 6.68. The minimum atomic E-state index is -3.73. The number of ether oxygens (including phenoxy) is 1. The van der Waals surface area contributed by atoms with Gasteiger partial charge in [-0.25, -0.2) is 8.42 Å². The first-order chi connectivity index (χ1) is 14.7. The molecule has 2 aromatic carbocycles. The molecule has 0 saturated carbocycles. The molecular formula is C21H24N4O4S2. The highest BCUT2D eigenvalue weighted by Gasteiger charge is 2.32. The van der Waals surface area contributed by atoms with Crippen molar-refractivity contribution in [2.45, 2.75) is 26.3 Å². The zero-order valence-electron chi connectivity index (χ0n) is 17.7. The van der Waals surface area contributed by atoms with Crippen LogP contribution >= 0.6 is 11.3 Å². The van der Waals surface area contributed by atoms with Crippen LogP contribution in [-0.2, 0) is 14.8 Å². The van der Waals surface area contributed by atoms with Gasteiger partial charge in [-0.05, 0) is 37.6 Å². The Hall–Kier alpha value is -2.98. The number of nitrogens with one attached hydrogen (secondary N) is 1. The van der Waals surface area contributed by atoms with Crippen LogP contribution in [0.3, 0.4) is 0 Å². The zero-order valence-corrected chi connectivity index (χ0v) is 19.3. The summed E-state index contributed by atoms with van der Waals surface area (Å²) >= 11 is 1.23. The van der Waals surface area contributed by atoms with E-state index in [1.807, 2.05) is 31.2 Å². The number of amides is 1. The Balaban J connectivity index is 1.84. The Morgan fingerprint density at radius 3 is 2.32 bits per heavy atom. The summed E-state index contributed by atoms with van der Waals surface area (Å²) in [5.74, 6) is 0.113. The number of aryl methyl sites for hydroxylation is 1. The monoisotopic (exact) mass is 460 g/mol. The molecule has 0 saturated heterocycles. The quantitative estimate of drug-likeness (QED) is 0.550. The molecule has 0 spiro atoms. The smallest absolute Gasteiger partial charge is 0.250 e. The van der Waals surface area contributed by atoms with Gasteiger partial charge >= 0.3 is 0 Å². The Morgan fingerprint density at radius 1 is 1.13 bits per heavy atom. The van der Waals surface area contributed by atoms with Gasteiger partial charge in [0.1, 0.15) is 16.8 Å². The number of carbonyl (C=O) groups is 1. The van der Waals surface area contributed by atoms with Gasteiger partial charge in [0.15, 0.2) is 0 Å². The Labute approximate surface area is 185 Å². The van der Waals surface area contributed by atoms with E-state index >= 15 is 0 Å². The third kappa shape index (κ3) is 5.39. The molecule has 0 fully saturated rings. The zero-order chi connectivity index (χ0) is 22.6. The predicted octanol–water partition coefficient (Wildman–Crippen LogP) is 3.71. The van der Waals surface area contributed by atoms with Crippen LogP contribution in [0.4, 0.5) is 10.8 Å². The summed E-state index contributed by atoms with van der Waals surface area (Å²) in [5.41, 5.74) is 2.40. The molecule has 3 aromatic rings. The first kappa shape index (κ1) is 22.7. The van der Waals surface area contributed by atoms with Crippen molar-refractivity contribution < 1.29 is 17.9 Å². The molecule has 1 heterocycles. The van der Waals surface area contributed by atoms with Crippen LogP contribution < -0.4 is 14.4 Å². The van der Waals surface area contributed by atoms with E-state index in [4.69, 9.17) is 4.74 Å². The van der Waals surface area contributed by atoms with Crippen molar-refractivity contribution in [1.82, 2.24) is 10.2 Å². The molecule has 1 atom stereocenters. The van der Waals surface area contributed by atoms with Crippen LogP contribution in [0.15, 0.2) is 48.5 Å². The van der Waals surface area contributed by atoms with Gasteiger partial charge in [0.05, 0.1) is 19.1 Å². The number of carbonyl (C=O) groups excluding carboxylic acids is 1. The topological polar surface area (TPSA) is 101 Å². The molecule has 0 unspecified atom stereocenters. The lowest BCUT2D eigenvalue weighted by atomic mass is 10.2. The van der Waals surface area contributed by atoms with Gasteiger partial charge in [0.25, 0.3) is 0 Å². The number of nitrogens with zero attached hydrogens (tertiary/aromatic N) is 3. The number of sulfonamides is 1. The first-order valence-electron chi connectivity index (χ1n) is 9.57. The van der Waals surface area contributed by atoms with E-state index in [0.717, 1.165) is 21.7 Å². The van der Waals surface area contributed by atoms with Gasteiger partial charge in [-0.1, -0.05) is 48.1 Å². The normalized spacial score (nSPS) is 12.3. The molecule has 0 radical (unpaired) electrons. The second kappa shape index (κ2) is 9.44. The SMILES string of the molecule is CC[C@@H](C(=O)Nc1nnc(-c2ccc(C)cc2)s1)N(c1ccc(OC)cc1)S(C)(=O)=O. The fourth-order valence-electron chi connectivity index (χ4n) is 3.06. The van der Waals surface area contributed by atoms with E-state index in [1.54, 1.807) is 31.2 Å². The van der Waals surface area contributed by atoms with Crippen molar-refractivity contribution in [2.75, 3.05) is 23.0 Å². The van der Waals surface area contributed by atoms with Gasteiger partial charge in [0.2, 0.25) is 21.1 Å². The van der Waals surface area contributed by atoms with Gasteiger partial charge in [-0.3, -0.25) is 14.4 Å². The lowest BCUT2D eigenvalue weighted by Gasteiger charge is -2.29. The second-order valence-electron chi connectivity index (χ2n) is 6.95. The maximum Gasteiger partial charge on any atom is 0.250 e. The highest BCUT2D eigenvalue weighted by molar-refractivity contribution is 7.92. The average molecular weight is 461 g/mol. The Bertz CT molecular complexity index is 1140. The number of rotatable bonds is 8. The van der Waals surface area contributed by atoms with Gasteiger partial charge < -0.3 is 4.74 Å². The molecular weight excluding hydrogens is 436 g/mol. The predicted molar refractivity (Wildman–Crippen MR) is 123 cm³/mol. The van der Waals surface area contributed by atoms with E-state index in [1.165, 1.54) is 18.4 Å². The van der Waals surface area contributed by atoms with Crippen LogP contribution in [-0.4, -0.2) is 43.9 Å². The molecule has 0 aliphatic carbocycles. The first-order valence-corrected chi connectivity index (χ1v) is 12.2. The number of methoxy groups -OCH3 is 1. The number of hydrogen-bond donors (Lipinski definition) is 1. The summed E-state index contributed by atoms with van der Waals surface area (Å²) in [4.78, 5) is 13.0. The molecule has 31 heavy (non-hydrogen) atoms. The number of anilines is 2. The summed E-state index contributed by atoms with van der Waals surface area (Å²) in [6.45, 7) is 3.75. The summed E-state index contributed by atoms with van der Waals surface area (Å²) in [6.07, 6.45) is 1.35. The summed E-state index contributed by atoms with van der Waals surface area (Å²) in [7, 11) is -2.20. The lowest BCUT2D eigenvalue weighted by Crippen LogP contribution is -2.46. The van der Waals surface area contributed by atoms with Crippen LogP contribution in [0.1, 0.15) is 18.9 Å². The summed E-state index contributed by atoms with van der Waals surface area (Å²) in [5, 5.41) is 11.9. The molecule has 1 aromatic heterocycles. The molecule has 0 bridgehead atoms. The van der Waals surface area contributed by atoms with Crippen LogP contribution in [0, 0.1) is 6.92 Å². The van der Waals surface area contributed by atoms with Gasteiger partial charge in [-0.2, -0.15) is 0 Å². The van der Waals surface area contributed by atoms with Crippen molar-refractivity contribution in [3.63, 3.8) is 0 Å². The summed E-state index contributed by atoms with van der Waals surface area (Å²) < 4.78 is 31.3. The van der Waals surface area contributed by atoms with Crippen LogP contribution in [0.2, 0.25) is 0 Å². The lowest BCUT2D eigenvalue weighted by molar-refractivity contribution is -0.117. The van der Waals surface area contributed by atoms with Crippen molar-refractivity contribution in [3.8, 4) is 16.3 Å². The van der Waals surface area contributed by atoms with Crippen molar-refractivity contribution in [3.05, 3.63) is 54.1 Å². The van der Waals surface area contributed by atoms with Crippen LogP contribution in [0.5, 0.6) is 5.75 Å². The standard InChI is InChI=1S/C21H24N4O4S2/c1-5-18(25(31(4,27)28)16-10-12-17(29-3)13-11-16)19(26)22-21-24-23-20(30-21)15-8-6-14(2)7-9-15/h6-13,18H,5H2,1-4H3,(H,22,24,26)/t18-/m0/s1. The minimum Gasteiger partial charge on any atom is -0.497 e. The minimum absolute atomic E-state index is 0.272. The fraction of sp³-hybridized carbons (Fsp3) is 0.286. The Morgan fingerprint density at radius 2 is 1.77 bits per heavy atom. The molecule has 1 amide bonds. The average Bonchev–Trinajstić information content (AvgIpc) is 3.20. The van der Waals surface area contributed by atoms with Crippen LogP contribution in [0.25, 0.3) is 10.6 Å². The maximum atomic E-state index is 13.0. The van der Waals surface area contributed by atoms with Gasteiger partial charge in [-0.15, -0.1) is 10.2 Å². The highest BCUT2D eigenvalue weighted by Crippen LogP contribution is 2.28. The van der Waals surface area contributed by atoms with Crippen molar-refractivity contribution >= 4 is 38.1 Å². The summed E-state index contributed by atoms with van der Waals surface area (Å²) in [6, 6.07) is 13.4. The van der Waals surface area contributed by atoms with Crippen molar-refractivity contribution in [2.24, 2.45) is 0 Å². The number of hydrogen-bond acceptors (Lipinski definition) is 7. The molecule has 0 aliphatic rings. The van der Waals surface area contributed by atoms with E-state index in [2.05, 4.69) is 15.5 Å². The van der Waals surface area contributed by atoms with E-state index < -0.39 is 22.0 Å². The number of benzene rings is 2. The molecule has 164 valence electrons. The van der Waals surface area contributed by atoms with Crippen molar-refractivity contribution in [1.29, 1.82) is 0 Å². The molecule has 10 heteroatoms. The molecule has 1 N–H and O–H groups in total. The Kier molecular flexibility index (Phi) is 6.91. The highest BCUT2D eigenvalue weighted by atomic mass is 32.2. The number of aromatic nitrogens is 2. The maximum absolute atomic E-state index is 13.0. The second-order valence-corrected chi connectivity index (χ2v) is 9.79. The fourth-order valence-corrected chi connectivity index (χ4v) is 5.03. The van der Waals surface area contributed by atoms with E-state index in [0.29, 0.717) is 21.6 Å². The van der Waals surface area contributed by atoms with Gasteiger partial charge in [0, 0.05) is 5.56 Å².